The minimum atomic E-state index is -0.464. The van der Waals surface area contributed by atoms with E-state index >= 15 is 0 Å². The number of ether oxygens (including phenoxy) is 2. The standard InChI is InChI=1S/C14H19IO4/c1-3-14(2,15)13(17)18-6-9-7-4-8-10(5-7)19-12(16)11(8)9/h7-11H,3-6H2,1-2H3. The summed E-state index contributed by atoms with van der Waals surface area (Å²) in [7, 11) is 0. The Kier molecular flexibility index (Phi) is 3.30. The second-order valence-electron chi connectivity index (χ2n) is 6.21. The SMILES string of the molecule is CCC(C)(I)C(=O)OCC1C2CC3OC(=O)C1C3C2. The molecular formula is C14H19IO4. The number of esters is 2. The summed E-state index contributed by atoms with van der Waals surface area (Å²) in [6.45, 7) is 4.24. The molecule has 2 aliphatic carbocycles. The van der Waals surface area contributed by atoms with E-state index in [-0.39, 0.29) is 29.9 Å². The second-order valence-corrected chi connectivity index (χ2v) is 8.59. The lowest BCUT2D eigenvalue weighted by Gasteiger charge is -2.26. The molecule has 4 nitrogen and oxygen atoms in total. The molecule has 106 valence electrons. The van der Waals surface area contributed by atoms with Gasteiger partial charge in [0.25, 0.3) is 0 Å². The van der Waals surface area contributed by atoms with Crippen molar-refractivity contribution >= 4 is 34.5 Å². The summed E-state index contributed by atoms with van der Waals surface area (Å²) < 4.78 is 10.4. The Balaban J connectivity index is 1.63. The van der Waals surface area contributed by atoms with Gasteiger partial charge in [-0.05, 0) is 32.1 Å². The Hall–Kier alpha value is -0.330. The quantitative estimate of drug-likeness (QED) is 0.428. The van der Waals surface area contributed by atoms with Crippen molar-refractivity contribution in [3.05, 3.63) is 0 Å². The first-order valence-corrected chi connectivity index (χ1v) is 8.08. The first kappa shape index (κ1) is 13.6. The van der Waals surface area contributed by atoms with Crippen LogP contribution in [-0.2, 0) is 19.1 Å². The van der Waals surface area contributed by atoms with Crippen molar-refractivity contribution in [2.24, 2.45) is 23.7 Å². The Morgan fingerprint density at radius 2 is 2.26 bits per heavy atom. The third kappa shape index (κ3) is 2.08. The number of alkyl halides is 1. The number of hydrogen-bond acceptors (Lipinski definition) is 4. The molecule has 2 saturated carbocycles. The summed E-state index contributed by atoms with van der Waals surface area (Å²) in [6.07, 6.45) is 2.93. The summed E-state index contributed by atoms with van der Waals surface area (Å²) in [5, 5.41) is 0. The van der Waals surface area contributed by atoms with Crippen LogP contribution in [-0.4, -0.2) is 28.1 Å². The van der Waals surface area contributed by atoms with Crippen LogP contribution in [0.25, 0.3) is 0 Å². The molecule has 3 fully saturated rings. The lowest BCUT2D eigenvalue weighted by Crippen LogP contribution is -2.35. The smallest absolute Gasteiger partial charge is 0.321 e. The van der Waals surface area contributed by atoms with Gasteiger partial charge < -0.3 is 9.47 Å². The fourth-order valence-electron chi connectivity index (χ4n) is 3.83. The van der Waals surface area contributed by atoms with Gasteiger partial charge in [0.05, 0.1) is 12.5 Å². The Labute approximate surface area is 126 Å². The average molecular weight is 378 g/mol. The van der Waals surface area contributed by atoms with Gasteiger partial charge in [0.2, 0.25) is 0 Å². The molecule has 0 aromatic carbocycles. The van der Waals surface area contributed by atoms with E-state index in [4.69, 9.17) is 9.47 Å². The lowest BCUT2D eigenvalue weighted by molar-refractivity contribution is -0.150. The number of carbonyl (C=O) groups is 2. The van der Waals surface area contributed by atoms with Crippen molar-refractivity contribution in [1.82, 2.24) is 0 Å². The fraction of sp³-hybridized carbons (Fsp3) is 0.857. The number of fused-ring (bicyclic) bond motifs is 1. The van der Waals surface area contributed by atoms with E-state index < -0.39 is 3.42 Å². The summed E-state index contributed by atoms with van der Waals surface area (Å²) in [6, 6.07) is 0. The van der Waals surface area contributed by atoms with E-state index in [0.717, 1.165) is 19.3 Å². The highest BCUT2D eigenvalue weighted by atomic mass is 127. The van der Waals surface area contributed by atoms with Crippen molar-refractivity contribution in [1.29, 1.82) is 0 Å². The van der Waals surface area contributed by atoms with Gasteiger partial charge >= 0.3 is 11.9 Å². The second kappa shape index (κ2) is 4.60. The Morgan fingerprint density at radius 3 is 2.95 bits per heavy atom. The molecule has 5 heteroatoms. The fourth-order valence-corrected chi connectivity index (χ4v) is 3.98. The molecule has 0 aromatic rings. The van der Waals surface area contributed by atoms with Crippen molar-refractivity contribution in [2.75, 3.05) is 6.61 Å². The average Bonchev–Trinajstić information content (AvgIpc) is 2.96. The molecule has 0 aromatic heterocycles. The molecule has 19 heavy (non-hydrogen) atoms. The third-order valence-corrected chi connectivity index (χ3v) is 6.35. The molecule has 0 amide bonds. The van der Waals surface area contributed by atoms with E-state index in [1.54, 1.807) is 0 Å². The number of hydrogen-bond donors (Lipinski definition) is 0. The van der Waals surface area contributed by atoms with E-state index in [9.17, 15) is 9.59 Å². The summed E-state index contributed by atoms with van der Waals surface area (Å²) in [5.74, 6) is 0.827. The van der Waals surface area contributed by atoms with Crippen LogP contribution in [0, 0.1) is 23.7 Å². The van der Waals surface area contributed by atoms with Crippen molar-refractivity contribution in [3.8, 4) is 0 Å². The van der Waals surface area contributed by atoms with Gasteiger partial charge in [-0.25, -0.2) is 0 Å². The third-order valence-electron chi connectivity index (χ3n) is 5.15. The van der Waals surface area contributed by atoms with Crippen LogP contribution >= 0.6 is 22.6 Å². The number of halogens is 1. The van der Waals surface area contributed by atoms with Crippen molar-refractivity contribution in [2.45, 2.75) is 42.6 Å². The molecule has 0 N–H and O–H groups in total. The number of carbonyl (C=O) groups excluding carboxylic acids is 2. The van der Waals surface area contributed by atoms with Crippen LogP contribution < -0.4 is 0 Å². The van der Waals surface area contributed by atoms with Crippen molar-refractivity contribution < 1.29 is 19.1 Å². The Morgan fingerprint density at radius 1 is 1.53 bits per heavy atom. The molecule has 2 bridgehead atoms. The predicted octanol–water partition coefficient (Wildman–Crippen LogP) is 2.33. The van der Waals surface area contributed by atoms with Crippen LogP contribution in [0.5, 0.6) is 0 Å². The van der Waals surface area contributed by atoms with Gasteiger partial charge in [0.1, 0.15) is 9.53 Å². The van der Waals surface area contributed by atoms with Gasteiger partial charge in [-0.1, -0.05) is 29.5 Å². The zero-order chi connectivity index (χ0) is 13.8. The van der Waals surface area contributed by atoms with E-state index in [1.807, 2.05) is 13.8 Å². The molecular weight excluding hydrogens is 359 g/mol. The summed E-state index contributed by atoms with van der Waals surface area (Å²) in [4.78, 5) is 23.8. The maximum Gasteiger partial charge on any atom is 0.321 e. The molecule has 0 radical (unpaired) electrons. The topological polar surface area (TPSA) is 52.6 Å². The minimum Gasteiger partial charge on any atom is -0.464 e. The summed E-state index contributed by atoms with van der Waals surface area (Å²) in [5.41, 5.74) is 0. The molecule has 1 heterocycles. The zero-order valence-corrected chi connectivity index (χ0v) is 13.4. The predicted molar refractivity (Wildman–Crippen MR) is 76.7 cm³/mol. The highest BCUT2D eigenvalue weighted by Crippen LogP contribution is 2.57. The number of rotatable bonds is 4. The van der Waals surface area contributed by atoms with E-state index in [2.05, 4.69) is 22.6 Å². The van der Waals surface area contributed by atoms with Gasteiger partial charge in [-0.15, -0.1) is 0 Å². The lowest BCUT2D eigenvalue weighted by atomic mass is 9.80. The molecule has 6 unspecified atom stereocenters. The minimum absolute atomic E-state index is 0.0151. The molecule has 1 saturated heterocycles. The normalized spacial score (nSPS) is 42.1. The van der Waals surface area contributed by atoms with Gasteiger partial charge in [-0.3, -0.25) is 9.59 Å². The van der Waals surface area contributed by atoms with Gasteiger partial charge in [0.15, 0.2) is 0 Å². The van der Waals surface area contributed by atoms with Crippen molar-refractivity contribution in [3.63, 3.8) is 0 Å². The highest BCUT2D eigenvalue weighted by Gasteiger charge is 2.62. The molecule has 0 spiro atoms. The van der Waals surface area contributed by atoms with Crippen LogP contribution in [0.15, 0.2) is 0 Å². The maximum atomic E-state index is 12.0. The van der Waals surface area contributed by atoms with E-state index in [0.29, 0.717) is 18.4 Å². The van der Waals surface area contributed by atoms with Crippen LogP contribution in [0.1, 0.15) is 33.1 Å². The van der Waals surface area contributed by atoms with E-state index in [1.165, 1.54) is 0 Å². The largest absolute Gasteiger partial charge is 0.464 e. The van der Waals surface area contributed by atoms with Crippen LogP contribution in [0.4, 0.5) is 0 Å². The first-order valence-electron chi connectivity index (χ1n) is 7.00. The molecule has 1 aliphatic heterocycles. The van der Waals surface area contributed by atoms with Gasteiger partial charge in [0, 0.05) is 11.8 Å². The van der Waals surface area contributed by atoms with Gasteiger partial charge in [-0.2, -0.15) is 0 Å². The molecule has 3 aliphatic rings. The Bertz CT molecular complexity index is 418. The molecule has 3 rings (SSSR count). The van der Waals surface area contributed by atoms with Crippen LogP contribution in [0.2, 0.25) is 0 Å². The summed E-state index contributed by atoms with van der Waals surface area (Å²) >= 11 is 2.14. The highest BCUT2D eigenvalue weighted by molar-refractivity contribution is 14.1. The maximum absolute atomic E-state index is 12.0. The first-order chi connectivity index (χ1) is 8.94. The zero-order valence-electron chi connectivity index (χ0n) is 11.2. The monoisotopic (exact) mass is 378 g/mol. The molecule has 6 atom stereocenters. The van der Waals surface area contributed by atoms with Crippen LogP contribution in [0.3, 0.4) is 0 Å².